The van der Waals surface area contributed by atoms with E-state index in [0.29, 0.717) is 5.25 Å². The molecule has 0 saturated carbocycles. The van der Waals surface area contributed by atoms with Crippen molar-refractivity contribution in [3.05, 3.63) is 23.8 Å². The molecule has 0 saturated heterocycles. The molecule has 3 nitrogen and oxygen atoms in total. The number of aryl methyl sites for hydroxylation is 1. The van der Waals surface area contributed by atoms with Gasteiger partial charge in [0.05, 0.1) is 6.04 Å². The van der Waals surface area contributed by atoms with Gasteiger partial charge < -0.3 is 11.1 Å². The quantitative estimate of drug-likeness (QED) is 0.817. The van der Waals surface area contributed by atoms with E-state index >= 15 is 0 Å². The lowest BCUT2D eigenvalue weighted by Crippen LogP contribution is -2.32. The summed E-state index contributed by atoms with van der Waals surface area (Å²) in [6.07, 6.45) is 1.15. The molecule has 0 heterocycles. The molecule has 0 aliphatic heterocycles. The second-order valence-corrected chi connectivity index (χ2v) is 6.10. The number of halogens is 1. The SMILES string of the molecule is CCC(C)Sc1ccc(NC(=O)[C@H](C)N)c(C)c1.Cl. The maximum absolute atomic E-state index is 11.5. The third-order valence-corrected chi connectivity index (χ3v) is 4.04. The van der Waals surface area contributed by atoms with Gasteiger partial charge in [-0.1, -0.05) is 13.8 Å². The Morgan fingerprint density at radius 1 is 1.42 bits per heavy atom. The van der Waals surface area contributed by atoms with Crippen LogP contribution in [0.2, 0.25) is 0 Å². The molecule has 0 aliphatic rings. The van der Waals surface area contributed by atoms with Gasteiger partial charge in [-0.05, 0) is 44.0 Å². The van der Waals surface area contributed by atoms with Crippen LogP contribution in [-0.4, -0.2) is 17.2 Å². The van der Waals surface area contributed by atoms with Crippen LogP contribution in [0.3, 0.4) is 0 Å². The summed E-state index contributed by atoms with van der Waals surface area (Å²) in [7, 11) is 0. The number of carbonyl (C=O) groups excluding carboxylic acids is 1. The second kappa shape index (κ2) is 8.46. The summed E-state index contributed by atoms with van der Waals surface area (Å²) >= 11 is 1.85. The van der Waals surface area contributed by atoms with E-state index in [2.05, 4.69) is 25.2 Å². The van der Waals surface area contributed by atoms with Crippen LogP contribution < -0.4 is 11.1 Å². The molecule has 2 atom stereocenters. The molecule has 0 aliphatic carbocycles. The van der Waals surface area contributed by atoms with E-state index in [1.54, 1.807) is 6.92 Å². The first-order chi connectivity index (χ1) is 8.43. The highest BCUT2D eigenvalue weighted by atomic mass is 35.5. The minimum atomic E-state index is -0.487. The predicted octanol–water partition coefficient (Wildman–Crippen LogP) is 3.59. The molecule has 19 heavy (non-hydrogen) atoms. The normalized spacial score (nSPS) is 13.3. The summed E-state index contributed by atoms with van der Waals surface area (Å²) < 4.78 is 0. The Balaban J connectivity index is 0.00000324. The molecule has 0 radical (unpaired) electrons. The van der Waals surface area contributed by atoms with Gasteiger partial charge >= 0.3 is 0 Å². The van der Waals surface area contributed by atoms with Crippen LogP contribution in [-0.2, 0) is 4.79 Å². The van der Waals surface area contributed by atoms with Crippen molar-refractivity contribution < 1.29 is 4.79 Å². The van der Waals surface area contributed by atoms with Crippen LogP contribution in [0, 0.1) is 6.92 Å². The topological polar surface area (TPSA) is 55.1 Å². The first-order valence-electron chi connectivity index (χ1n) is 6.27. The summed E-state index contributed by atoms with van der Waals surface area (Å²) in [6.45, 7) is 8.07. The highest BCUT2D eigenvalue weighted by molar-refractivity contribution is 7.99. The second-order valence-electron chi connectivity index (χ2n) is 4.59. The van der Waals surface area contributed by atoms with Crippen molar-refractivity contribution in [2.75, 3.05) is 5.32 Å². The zero-order chi connectivity index (χ0) is 13.7. The molecule has 0 aromatic heterocycles. The van der Waals surface area contributed by atoms with Gasteiger partial charge in [0.2, 0.25) is 5.91 Å². The van der Waals surface area contributed by atoms with Crippen molar-refractivity contribution in [1.82, 2.24) is 0 Å². The van der Waals surface area contributed by atoms with Gasteiger partial charge in [0.25, 0.3) is 0 Å². The number of nitrogens with one attached hydrogen (secondary N) is 1. The molecule has 1 aromatic rings. The van der Waals surface area contributed by atoms with Gasteiger partial charge in [-0.15, -0.1) is 24.2 Å². The Labute approximate surface area is 126 Å². The zero-order valence-corrected chi connectivity index (χ0v) is 13.5. The fourth-order valence-corrected chi connectivity index (χ4v) is 2.43. The zero-order valence-electron chi connectivity index (χ0n) is 11.9. The van der Waals surface area contributed by atoms with Crippen molar-refractivity contribution in [3.8, 4) is 0 Å². The summed E-state index contributed by atoms with van der Waals surface area (Å²) in [6, 6.07) is 5.60. The Kier molecular flexibility index (Phi) is 8.14. The minimum absolute atomic E-state index is 0. The van der Waals surface area contributed by atoms with Crippen LogP contribution >= 0.6 is 24.2 Å². The van der Waals surface area contributed by atoms with Gasteiger partial charge in [0.15, 0.2) is 0 Å². The minimum Gasteiger partial charge on any atom is -0.325 e. The van der Waals surface area contributed by atoms with Crippen molar-refractivity contribution in [2.45, 2.75) is 50.3 Å². The smallest absolute Gasteiger partial charge is 0.241 e. The number of amides is 1. The highest BCUT2D eigenvalue weighted by Crippen LogP contribution is 2.28. The van der Waals surface area contributed by atoms with Crippen LogP contribution in [0.5, 0.6) is 0 Å². The van der Waals surface area contributed by atoms with E-state index < -0.39 is 6.04 Å². The number of thioether (sulfide) groups is 1. The largest absolute Gasteiger partial charge is 0.325 e. The monoisotopic (exact) mass is 302 g/mol. The van der Waals surface area contributed by atoms with Crippen molar-refractivity contribution in [2.24, 2.45) is 5.73 Å². The van der Waals surface area contributed by atoms with Crippen LogP contribution in [0.25, 0.3) is 0 Å². The lowest BCUT2D eigenvalue weighted by atomic mass is 10.2. The average Bonchev–Trinajstić information content (AvgIpc) is 2.32. The summed E-state index contributed by atoms with van der Waals surface area (Å²) in [5, 5.41) is 3.44. The van der Waals surface area contributed by atoms with E-state index in [1.807, 2.05) is 30.8 Å². The third-order valence-electron chi connectivity index (χ3n) is 2.78. The summed E-state index contributed by atoms with van der Waals surface area (Å²) in [4.78, 5) is 12.8. The first kappa shape index (κ1) is 18.3. The summed E-state index contributed by atoms with van der Waals surface area (Å²) in [5.41, 5.74) is 7.44. The van der Waals surface area contributed by atoms with Gasteiger partial charge in [-0.25, -0.2) is 0 Å². The summed E-state index contributed by atoms with van der Waals surface area (Å²) in [5.74, 6) is -0.152. The molecule has 3 N–H and O–H groups in total. The number of anilines is 1. The van der Waals surface area contributed by atoms with Gasteiger partial charge in [-0.3, -0.25) is 4.79 Å². The molecular weight excluding hydrogens is 280 g/mol. The highest BCUT2D eigenvalue weighted by Gasteiger charge is 2.10. The Morgan fingerprint density at radius 3 is 2.53 bits per heavy atom. The first-order valence-corrected chi connectivity index (χ1v) is 7.15. The van der Waals surface area contributed by atoms with Gasteiger partial charge in [-0.2, -0.15) is 0 Å². The molecule has 5 heteroatoms. The Morgan fingerprint density at radius 2 is 2.05 bits per heavy atom. The molecule has 0 spiro atoms. The number of carbonyl (C=O) groups is 1. The van der Waals surface area contributed by atoms with E-state index in [1.165, 1.54) is 4.90 Å². The van der Waals surface area contributed by atoms with E-state index in [0.717, 1.165) is 17.7 Å². The molecule has 0 fully saturated rings. The van der Waals surface area contributed by atoms with Crippen molar-refractivity contribution in [1.29, 1.82) is 0 Å². The van der Waals surface area contributed by atoms with Crippen LogP contribution in [0.15, 0.2) is 23.1 Å². The van der Waals surface area contributed by atoms with Crippen LogP contribution in [0.4, 0.5) is 5.69 Å². The van der Waals surface area contributed by atoms with E-state index in [4.69, 9.17) is 5.73 Å². The maximum atomic E-state index is 11.5. The number of nitrogens with two attached hydrogens (primary N) is 1. The standard InChI is InChI=1S/C14H22N2OS.ClH/c1-5-10(3)18-12-6-7-13(9(2)8-12)16-14(17)11(4)15;/h6-8,10-11H,5,15H2,1-4H3,(H,16,17);1H/t10?,11-;/m0./s1. The molecule has 1 rings (SSSR count). The number of hydrogen-bond acceptors (Lipinski definition) is 3. The fraction of sp³-hybridized carbons (Fsp3) is 0.500. The molecule has 1 amide bonds. The van der Waals surface area contributed by atoms with Crippen molar-refractivity contribution in [3.63, 3.8) is 0 Å². The van der Waals surface area contributed by atoms with Crippen molar-refractivity contribution >= 4 is 35.8 Å². The third kappa shape index (κ3) is 5.85. The molecule has 1 aromatic carbocycles. The number of benzene rings is 1. The Bertz CT molecular complexity index is 424. The lowest BCUT2D eigenvalue weighted by molar-refractivity contribution is -0.117. The molecule has 0 bridgehead atoms. The van der Waals surface area contributed by atoms with Crippen LogP contribution in [0.1, 0.15) is 32.8 Å². The maximum Gasteiger partial charge on any atom is 0.241 e. The van der Waals surface area contributed by atoms with Gasteiger partial charge in [0.1, 0.15) is 0 Å². The average molecular weight is 303 g/mol. The van der Waals surface area contributed by atoms with Gasteiger partial charge in [0, 0.05) is 15.8 Å². The van der Waals surface area contributed by atoms with E-state index in [9.17, 15) is 4.79 Å². The number of hydrogen-bond donors (Lipinski definition) is 2. The Hall–Kier alpha value is -0.710. The van der Waals surface area contributed by atoms with E-state index in [-0.39, 0.29) is 18.3 Å². The molecular formula is C14H23ClN2OS. The molecule has 1 unspecified atom stereocenters. The lowest BCUT2D eigenvalue weighted by Gasteiger charge is -2.13. The predicted molar refractivity (Wildman–Crippen MR) is 86.3 cm³/mol. The molecule has 108 valence electrons. The fourth-order valence-electron chi connectivity index (χ4n) is 1.41. The number of rotatable bonds is 5.